The molecule has 7 nitrogen and oxygen atoms in total. The minimum Gasteiger partial charge on any atom is -0.657 e. The van der Waals surface area contributed by atoms with E-state index in [0.29, 0.717) is 23.4 Å². The maximum absolute atomic E-state index is 12.9. The van der Waals surface area contributed by atoms with Gasteiger partial charge >= 0.3 is 25.4 Å². The summed E-state index contributed by atoms with van der Waals surface area (Å²) in [6.45, 7) is 13.3. The number of ether oxygens (including phenoxy) is 1. The summed E-state index contributed by atoms with van der Waals surface area (Å²) in [7, 11) is -1.32. The smallest absolute Gasteiger partial charge is 0.657 e. The number of carbonyl (C=O) groups excluding carboxylic acids is 1. The average molecular weight is 730 g/mol. The van der Waals surface area contributed by atoms with Gasteiger partial charge in [0.2, 0.25) is 0 Å². The van der Waals surface area contributed by atoms with Crippen LogP contribution in [0.4, 0.5) is 0 Å². The molecule has 7 rings (SSSR count). The zero-order valence-electron chi connectivity index (χ0n) is 29.5. The van der Waals surface area contributed by atoms with Gasteiger partial charge in [0.1, 0.15) is 6.10 Å². The Labute approximate surface area is 306 Å². The molecule has 2 aromatic carbocycles. The third-order valence-corrected chi connectivity index (χ3v) is 11.0. The van der Waals surface area contributed by atoms with Crippen LogP contribution in [0.15, 0.2) is 84.9 Å². The predicted molar refractivity (Wildman–Crippen MR) is 200 cm³/mol. The largest absolute Gasteiger partial charge is 2.00 e. The van der Waals surface area contributed by atoms with Crippen LogP contribution in [0.1, 0.15) is 58.6 Å². The van der Waals surface area contributed by atoms with Crippen molar-refractivity contribution in [3.63, 3.8) is 0 Å². The van der Waals surface area contributed by atoms with Crippen molar-refractivity contribution >= 4 is 48.3 Å². The summed E-state index contributed by atoms with van der Waals surface area (Å²) in [5, 5.41) is 11.4. The topological polar surface area (TPSA) is 101 Å². The summed E-state index contributed by atoms with van der Waals surface area (Å²) in [5.41, 5.74) is 10.5. The Kier molecular flexibility index (Phi) is 9.70. The molecular formula is C41H40N4O3SiZn. The number of nitrogens with zero attached hydrogens (tertiary/aromatic N) is 4. The van der Waals surface area contributed by atoms with Crippen molar-refractivity contribution in [1.29, 1.82) is 0 Å². The average Bonchev–Trinajstić information content (AvgIpc) is 3.86. The molecule has 8 bridgehead atoms. The Morgan fingerprint density at radius 2 is 1.34 bits per heavy atom. The summed E-state index contributed by atoms with van der Waals surface area (Å²) in [5.74, 6) is -0.323. The van der Waals surface area contributed by atoms with Crippen LogP contribution in [0.2, 0.25) is 25.7 Å². The van der Waals surface area contributed by atoms with Gasteiger partial charge in [-0.15, -0.1) is 22.1 Å². The fourth-order valence-electron chi connectivity index (χ4n) is 6.19. The maximum Gasteiger partial charge on any atom is 2.00 e. The number of aliphatic hydroxyl groups excluding tert-OH is 1. The number of aromatic nitrogens is 4. The van der Waals surface area contributed by atoms with Gasteiger partial charge < -0.3 is 19.8 Å². The molecule has 2 aliphatic heterocycles. The van der Waals surface area contributed by atoms with Crippen molar-refractivity contribution < 1.29 is 34.1 Å². The van der Waals surface area contributed by atoms with Gasteiger partial charge in [0.25, 0.3) is 0 Å². The summed E-state index contributed by atoms with van der Waals surface area (Å²) in [4.78, 5) is 33.0. The molecule has 1 atom stereocenters. The number of benzene rings is 2. The molecular weight excluding hydrogens is 690 g/mol. The third kappa shape index (κ3) is 7.08. The fourth-order valence-corrected chi connectivity index (χ4v) is 6.91. The molecule has 1 unspecified atom stereocenters. The Hall–Kier alpha value is -4.43. The molecule has 0 saturated carbocycles. The number of fused-ring (bicyclic) bond motifs is 8. The van der Waals surface area contributed by atoms with Crippen LogP contribution < -0.4 is 9.97 Å². The molecule has 0 radical (unpaired) electrons. The molecule has 1 N–H and O–H groups in total. The van der Waals surface area contributed by atoms with Crippen molar-refractivity contribution in [2.45, 2.75) is 58.0 Å². The van der Waals surface area contributed by atoms with Gasteiger partial charge in [-0.3, -0.25) is 4.98 Å². The van der Waals surface area contributed by atoms with Crippen molar-refractivity contribution in [2.75, 3.05) is 6.61 Å². The van der Waals surface area contributed by atoms with E-state index in [1.165, 1.54) is 5.56 Å². The summed E-state index contributed by atoms with van der Waals surface area (Å²) in [6.07, 6.45) is 3.24. The standard InChI is InChI=1S/C41H41N4O3Si.Zn/c1-25-7-9-26(10-8-25)37-32-18-16-30(43-32)24-36-41(2,3)39(46)35(45-36)23-29-15-17-31(42-29)38(34-20-19-33(37)44-34)27-11-13-28(14-12-27)40(47)48-21-22-49(4,5)6;/h7-20,23-24,39,46H,21-22H2,1-6H3,(H-,42,43,44,45,47);/q-1;+2/p-1. The van der Waals surface area contributed by atoms with Crippen LogP contribution in [0, 0.1) is 6.92 Å². The summed E-state index contributed by atoms with van der Waals surface area (Å²) in [6, 6.07) is 28.5. The van der Waals surface area contributed by atoms with Crippen molar-refractivity contribution in [2.24, 2.45) is 0 Å². The van der Waals surface area contributed by atoms with Gasteiger partial charge in [-0.05, 0) is 59.5 Å². The number of rotatable bonds is 6. The van der Waals surface area contributed by atoms with Crippen LogP contribution in [0.3, 0.4) is 0 Å². The van der Waals surface area contributed by atoms with E-state index in [4.69, 9.17) is 24.7 Å². The first-order valence-electron chi connectivity index (χ1n) is 16.7. The first-order valence-corrected chi connectivity index (χ1v) is 20.4. The second kappa shape index (κ2) is 13.7. The van der Waals surface area contributed by atoms with E-state index in [1.54, 1.807) is 12.1 Å². The van der Waals surface area contributed by atoms with Crippen LogP contribution in [-0.2, 0) is 29.6 Å². The molecule has 0 saturated heterocycles. The van der Waals surface area contributed by atoms with E-state index in [9.17, 15) is 9.90 Å². The number of hydrogen-bond acceptors (Lipinski definition) is 5. The second-order valence-corrected chi connectivity index (χ2v) is 20.3. The van der Waals surface area contributed by atoms with Gasteiger partial charge in [-0.2, -0.15) is 0 Å². The van der Waals surface area contributed by atoms with Crippen molar-refractivity contribution in [1.82, 2.24) is 19.9 Å². The fraction of sp³-hybridized carbons (Fsp3) is 0.244. The Bertz CT molecular complexity index is 2260. The van der Waals surface area contributed by atoms with E-state index in [0.717, 1.165) is 61.9 Å². The normalized spacial score (nSPS) is 15.1. The van der Waals surface area contributed by atoms with E-state index in [-0.39, 0.29) is 25.4 Å². The van der Waals surface area contributed by atoms with Crippen LogP contribution in [0.25, 0.3) is 56.5 Å². The maximum atomic E-state index is 12.9. The molecule has 248 valence electrons. The number of aliphatic hydroxyl groups is 1. The van der Waals surface area contributed by atoms with Gasteiger partial charge in [0.05, 0.1) is 29.3 Å². The van der Waals surface area contributed by atoms with Gasteiger partial charge in [-0.25, -0.2) is 9.78 Å². The number of esters is 1. The van der Waals surface area contributed by atoms with E-state index < -0.39 is 19.6 Å². The summed E-state index contributed by atoms with van der Waals surface area (Å²) >= 11 is 0. The Morgan fingerprint density at radius 1 is 0.800 bits per heavy atom. The minimum absolute atomic E-state index is 0. The second-order valence-electron chi connectivity index (χ2n) is 14.7. The number of aryl methyl sites for hydroxylation is 1. The first-order chi connectivity index (χ1) is 23.4. The monoisotopic (exact) mass is 728 g/mol. The molecule has 0 aliphatic carbocycles. The zero-order valence-corrected chi connectivity index (χ0v) is 33.5. The SMILES string of the molecule is Cc1ccc(-c2c3nc(c(-c4ccc(C(=O)OCC[Si](C)(C)C)cc4)c4ccc(cc5nc(cc6ccc2[n-]6)C(C)(C)C5O)[n-]4)C=C3)cc1.[Zn+2]. The first kappa shape index (κ1) is 35.4. The molecule has 9 heteroatoms. The Morgan fingerprint density at radius 3 is 1.90 bits per heavy atom. The van der Waals surface area contributed by atoms with E-state index >= 15 is 0 Å². The van der Waals surface area contributed by atoms with Crippen molar-refractivity contribution in [3.8, 4) is 22.3 Å². The van der Waals surface area contributed by atoms with Gasteiger partial charge in [0, 0.05) is 19.2 Å². The molecule has 2 aliphatic rings. The Balaban J connectivity index is 0.00000432. The van der Waals surface area contributed by atoms with Gasteiger partial charge in [-0.1, -0.05) is 112 Å². The molecule has 0 amide bonds. The molecule has 50 heavy (non-hydrogen) atoms. The molecule has 0 fully saturated rings. The van der Waals surface area contributed by atoms with Gasteiger partial charge in [0.15, 0.2) is 0 Å². The van der Waals surface area contributed by atoms with Crippen molar-refractivity contribution in [3.05, 3.63) is 119 Å². The molecule has 5 heterocycles. The molecule has 3 aromatic heterocycles. The van der Waals surface area contributed by atoms with Crippen LogP contribution >= 0.6 is 0 Å². The number of hydrogen-bond donors (Lipinski definition) is 1. The van der Waals surface area contributed by atoms with Crippen LogP contribution in [-0.4, -0.2) is 35.7 Å². The van der Waals surface area contributed by atoms with E-state index in [2.05, 4.69) is 50.8 Å². The van der Waals surface area contributed by atoms with E-state index in [1.807, 2.05) is 74.5 Å². The summed E-state index contributed by atoms with van der Waals surface area (Å²) < 4.78 is 5.61. The molecule has 5 aromatic rings. The number of carbonyl (C=O) groups is 1. The zero-order chi connectivity index (χ0) is 34.5. The quantitative estimate of drug-likeness (QED) is 0.135. The third-order valence-electron chi connectivity index (χ3n) is 9.28. The van der Waals surface area contributed by atoms with Crippen LogP contribution in [0.5, 0.6) is 0 Å². The minimum atomic E-state index is -1.32. The molecule has 0 spiro atoms. The predicted octanol–water partition coefficient (Wildman–Crippen LogP) is 8.89.